The van der Waals surface area contributed by atoms with Gasteiger partial charge in [0, 0.05) is 0 Å². The van der Waals surface area contributed by atoms with Crippen LogP contribution in [0, 0.1) is 0 Å². The highest BCUT2D eigenvalue weighted by Crippen LogP contribution is 2.41. The van der Waals surface area contributed by atoms with Crippen LogP contribution >= 0.6 is 0 Å². The molecule has 0 heterocycles. The monoisotopic (exact) mass is 238 g/mol. The summed E-state index contributed by atoms with van der Waals surface area (Å²) in [4.78, 5) is 0. The molecule has 0 radical (unpaired) electrons. The molecule has 0 spiro atoms. The molecule has 2 nitrogen and oxygen atoms in total. The predicted molar refractivity (Wildman–Crippen MR) is 72.3 cm³/mol. The number of aliphatic hydroxyl groups excluding tert-OH is 1. The summed E-state index contributed by atoms with van der Waals surface area (Å²) < 4.78 is 5.19. The van der Waals surface area contributed by atoms with Crippen LogP contribution in [-0.2, 0) is 0 Å². The van der Waals surface area contributed by atoms with E-state index in [9.17, 15) is 5.11 Å². The number of benzene rings is 2. The second-order valence-corrected chi connectivity index (χ2v) is 4.36. The lowest BCUT2D eigenvalue weighted by Gasteiger charge is -2.11. The molecular weight excluding hydrogens is 224 g/mol. The molecule has 2 aromatic carbocycles. The van der Waals surface area contributed by atoms with E-state index in [0.717, 1.165) is 28.0 Å². The number of hydrogen-bond acceptors (Lipinski definition) is 2. The fourth-order valence-electron chi connectivity index (χ4n) is 2.33. The molecule has 1 aliphatic carbocycles. The molecule has 0 fully saturated rings. The van der Waals surface area contributed by atoms with Crippen molar-refractivity contribution in [2.75, 3.05) is 7.11 Å². The summed E-state index contributed by atoms with van der Waals surface area (Å²) in [5.41, 5.74) is 3.97. The first-order valence-corrected chi connectivity index (χ1v) is 5.92. The molecule has 0 saturated carbocycles. The lowest BCUT2D eigenvalue weighted by atomic mass is 10.0. The topological polar surface area (TPSA) is 29.5 Å². The smallest absolute Gasteiger partial charge is 0.119 e. The summed E-state index contributed by atoms with van der Waals surface area (Å²) >= 11 is 0. The summed E-state index contributed by atoms with van der Waals surface area (Å²) in [6.45, 7) is 0. The van der Waals surface area contributed by atoms with Crippen LogP contribution in [0.25, 0.3) is 11.6 Å². The highest BCUT2D eigenvalue weighted by atomic mass is 16.5. The van der Waals surface area contributed by atoms with Gasteiger partial charge < -0.3 is 9.84 Å². The summed E-state index contributed by atoms with van der Waals surface area (Å²) in [7, 11) is 1.63. The molecular formula is C16H14O2. The van der Waals surface area contributed by atoms with Crippen molar-refractivity contribution in [3.8, 4) is 5.75 Å². The molecule has 0 aliphatic heterocycles. The van der Waals surface area contributed by atoms with E-state index in [-0.39, 0.29) is 0 Å². The zero-order valence-electron chi connectivity index (χ0n) is 10.1. The number of ether oxygens (including phenoxy) is 1. The molecule has 1 atom stereocenters. The highest BCUT2D eigenvalue weighted by molar-refractivity contribution is 5.90. The van der Waals surface area contributed by atoms with Gasteiger partial charge in [-0.25, -0.2) is 0 Å². The fraction of sp³-hybridized carbons (Fsp3) is 0.125. The first-order valence-electron chi connectivity index (χ1n) is 5.92. The van der Waals surface area contributed by atoms with Crippen molar-refractivity contribution in [2.45, 2.75) is 6.10 Å². The molecule has 1 N–H and O–H groups in total. The van der Waals surface area contributed by atoms with E-state index >= 15 is 0 Å². The van der Waals surface area contributed by atoms with Gasteiger partial charge in [0.1, 0.15) is 11.9 Å². The van der Waals surface area contributed by atoms with Gasteiger partial charge in [-0.1, -0.05) is 36.4 Å². The molecule has 3 rings (SSSR count). The molecule has 1 aliphatic rings. The van der Waals surface area contributed by atoms with Crippen LogP contribution in [0.2, 0.25) is 0 Å². The first-order chi connectivity index (χ1) is 8.79. The number of aliphatic hydroxyl groups is 1. The van der Waals surface area contributed by atoms with Crippen LogP contribution in [0.5, 0.6) is 5.75 Å². The number of hydrogen-bond donors (Lipinski definition) is 1. The van der Waals surface area contributed by atoms with Crippen LogP contribution in [0.15, 0.2) is 48.5 Å². The second kappa shape index (κ2) is 4.31. The predicted octanol–water partition coefficient (Wildman–Crippen LogP) is 3.28. The second-order valence-electron chi connectivity index (χ2n) is 4.36. The maximum Gasteiger partial charge on any atom is 0.119 e. The van der Waals surface area contributed by atoms with Crippen molar-refractivity contribution >= 4 is 11.6 Å². The molecule has 1 unspecified atom stereocenters. The Morgan fingerprint density at radius 3 is 2.56 bits per heavy atom. The summed E-state index contributed by atoms with van der Waals surface area (Å²) in [5.74, 6) is 0.774. The number of methoxy groups -OCH3 is 1. The third-order valence-electron chi connectivity index (χ3n) is 3.30. The Morgan fingerprint density at radius 2 is 1.83 bits per heavy atom. The summed E-state index contributed by atoms with van der Waals surface area (Å²) in [5, 5.41) is 10.4. The van der Waals surface area contributed by atoms with Crippen LogP contribution in [-0.4, -0.2) is 12.2 Å². The van der Waals surface area contributed by atoms with E-state index in [4.69, 9.17) is 4.74 Å². The first kappa shape index (κ1) is 11.1. The van der Waals surface area contributed by atoms with Gasteiger partial charge in [-0.05, 0) is 40.5 Å². The molecule has 2 heteroatoms. The normalized spacial score (nSPS) is 17.2. The van der Waals surface area contributed by atoms with Crippen molar-refractivity contribution in [1.29, 1.82) is 0 Å². The Morgan fingerprint density at radius 1 is 1.06 bits per heavy atom. The maximum absolute atomic E-state index is 10.4. The summed E-state index contributed by atoms with van der Waals surface area (Å²) in [6, 6.07) is 15.7. The van der Waals surface area contributed by atoms with Gasteiger partial charge >= 0.3 is 0 Å². The standard InChI is InChI=1S/C16H14O2/c1-18-13-8-7-12-9-14(16(17)15(12)10-13)11-5-3-2-4-6-11/h2-10,16-17H,1H3. The van der Waals surface area contributed by atoms with E-state index in [0.29, 0.717) is 0 Å². The zero-order valence-corrected chi connectivity index (χ0v) is 10.1. The minimum absolute atomic E-state index is 0.572. The Kier molecular flexibility index (Phi) is 2.65. The van der Waals surface area contributed by atoms with E-state index in [1.807, 2.05) is 54.6 Å². The van der Waals surface area contributed by atoms with E-state index in [1.165, 1.54) is 0 Å². The molecule has 0 aromatic heterocycles. The van der Waals surface area contributed by atoms with Gasteiger partial charge in [-0.2, -0.15) is 0 Å². The maximum atomic E-state index is 10.4. The van der Waals surface area contributed by atoms with Gasteiger partial charge in [-0.3, -0.25) is 0 Å². The van der Waals surface area contributed by atoms with Gasteiger partial charge in [0.25, 0.3) is 0 Å². The van der Waals surface area contributed by atoms with E-state index < -0.39 is 6.10 Å². The highest BCUT2D eigenvalue weighted by Gasteiger charge is 2.24. The minimum Gasteiger partial charge on any atom is -0.497 e. The van der Waals surface area contributed by atoms with Gasteiger partial charge in [0.05, 0.1) is 7.11 Å². The number of fused-ring (bicyclic) bond motifs is 1. The molecule has 2 aromatic rings. The van der Waals surface area contributed by atoms with Gasteiger partial charge in [0.15, 0.2) is 0 Å². The van der Waals surface area contributed by atoms with Crippen LogP contribution in [0.1, 0.15) is 22.8 Å². The third kappa shape index (κ3) is 1.71. The van der Waals surface area contributed by atoms with Gasteiger partial charge in [0.2, 0.25) is 0 Å². The zero-order chi connectivity index (χ0) is 12.5. The Balaban J connectivity index is 2.04. The van der Waals surface area contributed by atoms with Crippen molar-refractivity contribution in [3.63, 3.8) is 0 Å². The Labute approximate surface area is 106 Å². The van der Waals surface area contributed by atoms with Crippen LogP contribution in [0.4, 0.5) is 0 Å². The van der Waals surface area contributed by atoms with E-state index in [1.54, 1.807) is 7.11 Å². The Hall–Kier alpha value is -2.06. The van der Waals surface area contributed by atoms with Crippen molar-refractivity contribution < 1.29 is 9.84 Å². The minimum atomic E-state index is -0.572. The average molecular weight is 238 g/mol. The molecule has 90 valence electrons. The van der Waals surface area contributed by atoms with Gasteiger partial charge in [-0.15, -0.1) is 0 Å². The van der Waals surface area contributed by atoms with Crippen molar-refractivity contribution in [2.24, 2.45) is 0 Å². The fourth-order valence-corrected chi connectivity index (χ4v) is 2.33. The lowest BCUT2D eigenvalue weighted by molar-refractivity contribution is 0.240. The molecule has 0 amide bonds. The SMILES string of the molecule is COc1ccc2c(c1)C(O)C(c1ccccc1)=C2. The summed E-state index contributed by atoms with van der Waals surface area (Å²) in [6.07, 6.45) is 1.46. The third-order valence-corrected chi connectivity index (χ3v) is 3.30. The van der Waals surface area contributed by atoms with Crippen LogP contribution in [0.3, 0.4) is 0 Å². The van der Waals surface area contributed by atoms with Crippen molar-refractivity contribution in [3.05, 3.63) is 65.2 Å². The van der Waals surface area contributed by atoms with Crippen LogP contribution < -0.4 is 4.74 Å². The largest absolute Gasteiger partial charge is 0.497 e. The molecule has 0 saturated heterocycles. The van der Waals surface area contributed by atoms with Crippen molar-refractivity contribution in [1.82, 2.24) is 0 Å². The van der Waals surface area contributed by atoms with E-state index in [2.05, 4.69) is 0 Å². The molecule has 0 bridgehead atoms. The lowest BCUT2D eigenvalue weighted by Crippen LogP contribution is -1.97. The molecule has 18 heavy (non-hydrogen) atoms. The average Bonchev–Trinajstić information content (AvgIpc) is 2.77. The quantitative estimate of drug-likeness (QED) is 0.870. The Bertz CT molecular complexity index is 600. The number of rotatable bonds is 2.